The molecule has 1 saturated heterocycles. The van der Waals surface area contributed by atoms with E-state index in [1.165, 1.54) is 11.8 Å². The molecule has 0 N–H and O–H groups in total. The van der Waals surface area contributed by atoms with Crippen LogP contribution >= 0.6 is 35.6 Å². The number of carbonyl (C=O) groups is 1. The Bertz CT molecular complexity index is 1030. The lowest BCUT2D eigenvalue weighted by Crippen LogP contribution is -2.27. The van der Waals surface area contributed by atoms with Gasteiger partial charge in [-0.25, -0.2) is 0 Å². The van der Waals surface area contributed by atoms with Gasteiger partial charge in [0, 0.05) is 5.02 Å². The van der Waals surface area contributed by atoms with E-state index in [9.17, 15) is 4.79 Å². The molecule has 0 saturated carbocycles. The molecule has 4 rings (SSSR count). The van der Waals surface area contributed by atoms with Gasteiger partial charge >= 0.3 is 0 Å². The molecule has 1 aliphatic rings. The first kappa shape index (κ1) is 18.0. The number of thioether (sulfide) groups is 1. The normalized spacial score (nSPS) is 15.6. The smallest absolute Gasteiger partial charge is 0.268 e. The van der Waals surface area contributed by atoms with Crippen LogP contribution in [-0.2, 0) is 4.79 Å². The molecule has 5 heteroatoms. The number of amides is 1. The fourth-order valence-electron chi connectivity index (χ4n) is 2.83. The summed E-state index contributed by atoms with van der Waals surface area (Å²) in [6.45, 7) is 0. The number of rotatable bonds is 3. The second-order valence-corrected chi connectivity index (χ2v) is 8.09. The van der Waals surface area contributed by atoms with E-state index in [4.69, 9.17) is 23.8 Å². The summed E-state index contributed by atoms with van der Waals surface area (Å²) >= 11 is 12.6. The molecule has 1 aliphatic heterocycles. The first-order valence-electron chi connectivity index (χ1n) is 8.31. The number of anilines is 1. The molecular weight excluding hydrogens is 394 g/mol. The van der Waals surface area contributed by atoms with Crippen molar-refractivity contribution in [2.24, 2.45) is 0 Å². The van der Waals surface area contributed by atoms with Crippen molar-refractivity contribution < 1.29 is 4.79 Å². The molecule has 0 aromatic heterocycles. The lowest BCUT2D eigenvalue weighted by molar-refractivity contribution is -0.113. The number of carbonyl (C=O) groups excluding carboxylic acids is 1. The lowest BCUT2D eigenvalue weighted by Gasteiger charge is -2.14. The van der Waals surface area contributed by atoms with Gasteiger partial charge in [0.15, 0.2) is 4.32 Å². The third-order valence-corrected chi connectivity index (χ3v) is 5.75. The molecule has 3 aromatic rings. The predicted octanol–water partition coefficient (Wildman–Crippen LogP) is 6.41. The molecule has 0 unspecified atom stereocenters. The molecule has 0 radical (unpaired) electrons. The van der Waals surface area contributed by atoms with Crippen LogP contribution in [0, 0.1) is 0 Å². The Kier molecular flexibility index (Phi) is 5.12. The monoisotopic (exact) mass is 407 g/mol. The zero-order valence-corrected chi connectivity index (χ0v) is 16.5. The largest absolute Gasteiger partial charge is 0.270 e. The quantitative estimate of drug-likeness (QED) is 0.369. The summed E-state index contributed by atoms with van der Waals surface area (Å²) in [5, 5.41) is 0.623. The van der Waals surface area contributed by atoms with E-state index in [0.717, 1.165) is 22.4 Å². The molecule has 1 amide bonds. The van der Waals surface area contributed by atoms with E-state index in [1.807, 2.05) is 36.4 Å². The third kappa shape index (κ3) is 3.83. The maximum Gasteiger partial charge on any atom is 0.270 e. The van der Waals surface area contributed by atoms with Crippen LogP contribution in [0.1, 0.15) is 5.56 Å². The Labute approximate surface area is 172 Å². The third-order valence-electron chi connectivity index (χ3n) is 4.19. The van der Waals surface area contributed by atoms with E-state index in [2.05, 4.69) is 24.3 Å². The fraction of sp³-hybridized carbons (Fsp3) is 0. The Morgan fingerprint density at radius 2 is 1.48 bits per heavy atom. The van der Waals surface area contributed by atoms with Gasteiger partial charge in [-0.05, 0) is 47.0 Å². The molecular formula is C22H14ClNOS2. The van der Waals surface area contributed by atoms with Crippen molar-refractivity contribution >= 4 is 57.6 Å². The van der Waals surface area contributed by atoms with Crippen LogP contribution in [0.4, 0.5) is 5.69 Å². The Balaban J connectivity index is 1.58. The van der Waals surface area contributed by atoms with Gasteiger partial charge in [-0.3, -0.25) is 9.69 Å². The summed E-state index contributed by atoms with van der Waals surface area (Å²) in [6, 6.07) is 25.4. The summed E-state index contributed by atoms with van der Waals surface area (Å²) in [5.74, 6) is -0.112. The number of halogens is 1. The van der Waals surface area contributed by atoms with Crippen LogP contribution in [0.3, 0.4) is 0 Å². The fourth-order valence-corrected chi connectivity index (χ4v) is 4.26. The standard InChI is InChI=1S/C22H14ClNOS2/c23-18-10-12-19(13-11-18)24-21(25)20(27-22(24)26)14-15-6-8-17(9-7-15)16-4-2-1-3-5-16/h1-14H/b20-14+. The molecule has 0 bridgehead atoms. The Morgan fingerprint density at radius 3 is 2.15 bits per heavy atom. The van der Waals surface area contributed by atoms with Crippen LogP contribution in [-0.4, -0.2) is 10.2 Å². The average Bonchev–Trinajstić information content (AvgIpc) is 2.97. The minimum Gasteiger partial charge on any atom is -0.268 e. The van der Waals surface area contributed by atoms with E-state index in [-0.39, 0.29) is 5.91 Å². The number of thiocarbonyl (C=S) groups is 1. The zero-order valence-electron chi connectivity index (χ0n) is 14.1. The number of hydrogen-bond acceptors (Lipinski definition) is 3. The maximum absolute atomic E-state index is 12.8. The van der Waals surface area contributed by atoms with Crippen molar-refractivity contribution in [3.8, 4) is 11.1 Å². The van der Waals surface area contributed by atoms with Crippen LogP contribution in [0.15, 0.2) is 83.8 Å². The summed E-state index contributed by atoms with van der Waals surface area (Å²) in [5.41, 5.74) is 4.00. The van der Waals surface area contributed by atoms with Crippen molar-refractivity contribution in [2.75, 3.05) is 4.90 Å². The van der Waals surface area contributed by atoms with Gasteiger partial charge in [0.2, 0.25) is 0 Å². The summed E-state index contributed by atoms with van der Waals surface area (Å²) in [6.07, 6.45) is 1.88. The van der Waals surface area contributed by atoms with Crippen LogP contribution < -0.4 is 4.90 Å². The topological polar surface area (TPSA) is 20.3 Å². The molecule has 1 fully saturated rings. The minimum absolute atomic E-state index is 0.112. The van der Waals surface area contributed by atoms with Gasteiger partial charge in [0.05, 0.1) is 10.6 Å². The van der Waals surface area contributed by atoms with Gasteiger partial charge in [0.25, 0.3) is 5.91 Å². The number of nitrogens with zero attached hydrogens (tertiary/aromatic N) is 1. The molecule has 0 spiro atoms. The van der Waals surface area contributed by atoms with E-state index in [0.29, 0.717) is 14.2 Å². The summed E-state index contributed by atoms with van der Waals surface area (Å²) in [4.78, 5) is 15.0. The number of benzene rings is 3. The minimum atomic E-state index is -0.112. The molecule has 0 atom stereocenters. The molecule has 2 nitrogen and oxygen atoms in total. The second kappa shape index (κ2) is 7.69. The van der Waals surface area contributed by atoms with E-state index in [1.54, 1.807) is 29.2 Å². The molecule has 0 aliphatic carbocycles. The highest BCUT2D eigenvalue weighted by atomic mass is 35.5. The highest BCUT2D eigenvalue weighted by Gasteiger charge is 2.33. The maximum atomic E-state index is 12.8. The highest BCUT2D eigenvalue weighted by molar-refractivity contribution is 8.27. The van der Waals surface area contributed by atoms with Crippen LogP contribution in [0.25, 0.3) is 17.2 Å². The summed E-state index contributed by atoms with van der Waals surface area (Å²) < 4.78 is 0.523. The van der Waals surface area contributed by atoms with Crippen LogP contribution in [0.2, 0.25) is 5.02 Å². The van der Waals surface area contributed by atoms with Crippen molar-refractivity contribution in [1.82, 2.24) is 0 Å². The second-order valence-electron chi connectivity index (χ2n) is 5.98. The van der Waals surface area contributed by atoms with Crippen molar-refractivity contribution in [3.63, 3.8) is 0 Å². The van der Waals surface area contributed by atoms with E-state index >= 15 is 0 Å². The average molecular weight is 408 g/mol. The number of hydrogen-bond donors (Lipinski definition) is 0. The Morgan fingerprint density at radius 1 is 0.852 bits per heavy atom. The summed E-state index contributed by atoms with van der Waals surface area (Å²) in [7, 11) is 0. The molecule has 1 heterocycles. The first-order valence-corrected chi connectivity index (χ1v) is 9.91. The molecule has 3 aromatic carbocycles. The predicted molar refractivity (Wildman–Crippen MR) is 119 cm³/mol. The van der Waals surface area contributed by atoms with Gasteiger partial charge < -0.3 is 0 Å². The van der Waals surface area contributed by atoms with Gasteiger partial charge in [-0.1, -0.05) is 90.2 Å². The highest BCUT2D eigenvalue weighted by Crippen LogP contribution is 2.36. The van der Waals surface area contributed by atoms with Gasteiger partial charge in [-0.2, -0.15) is 0 Å². The first-order chi connectivity index (χ1) is 13.1. The van der Waals surface area contributed by atoms with Crippen LogP contribution in [0.5, 0.6) is 0 Å². The van der Waals surface area contributed by atoms with Gasteiger partial charge in [0.1, 0.15) is 0 Å². The molecule has 27 heavy (non-hydrogen) atoms. The van der Waals surface area contributed by atoms with E-state index < -0.39 is 0 Å². The van der Waals surface area contributed by atoms with Crippen molar-refractivity contribution in [1.29, 1.82) is 0 Å². The lowest BCUT2D eigenvalue weighted by atomic mass is 10.0. The zero-order chi connectivity index (χ0) is 18.8. The van der Waals surface area contributed by atoms with Crippen molar-refractivity contribution in [3.05, 3.63) is 94.4 Å². The molecule has 132 valence electrons. The SMILES string of the molecule is O=C1/C(=C\c2ccc(-c3ccccc3)cc2)SC(=S)N1c1ccc(Cl)cc1. The van der Waals surface area contributed by atoms with Gasteiger partial charge in [-0.15, -0.1) is 0 Å². The van der Waals surface area contributed by atoms with Crippen molar-refractivity contribution in [2.45, 2.75) is 0 Å². The Hall–Kier alpha value is -2.40.